The Balaban J connectivity index is 2.56. The Kier molecular flexibility index (Phi) is 6.08. The molecule has 0 radical (unpaired) electrons. The molecule has 1 aliphatic rings. The molecule has 0 aliphatic carbocycles. The van der Waals surface area contributed by atoms with E-state index in [0.717, 1.165) is 6.42 Å². The van der Waals surface area contributed by atoms with E-state index in [2.05, 4.69) is 5.32 Å². The lowest BCUT2D eigenvalue weighted by atomic mass is 9.93. The number of carbonyl (C=O) groups is 2. The SMILES string of the molecule is COCCC(C)NC(=O)N1CCC(C)CC1C(=O)O. The van der Waals surface area contributed by atoms with Crippen molar-refractivity contribution in [2.45, 2.75) is 45.2 Å². The molecule has 0 aromatic carbocycles. The maximum atomic E-state index is 12.1. The number of carbonyl (C=O) groups excluding carboxylic acids is 1. The first kappa shape index (κ1) is 15.8. The van der Waals surface area contributed by atoms with E-state index in [1.807, 2.05) is 13.8 Å². The van der Waals surface area contributed by atoms with E-state index >= 15 is 0 Å². The van der Waals surface area contributed by atoms with Crippen LogP contribution in [0.2, 0.25) is 0 Å². The van der Waals surface area contributed by atoms with Crippen LogP contribution in [0, 0.1) is 5.92 Å². The number of ether oxygens (including phenoxy) is 1. The van der Waals surface area contributed by atoms with E-state index in [9.17, 15) is 14.7 Å². The number of amides is 2. The highest BCUT2D eigenvalue weighted by molar-refractivity contribution is 5.83. The van der Waals surface area contributed by atoms with Gasteiger partial charge in [0.1, 0.15) is 6.04 Å². The second kappa shape index (κ2) is 7.33. The van der Waals surface area contributed by atoms with Crippen molar-refractivity contribution >= 4 is 12.0 Å². The Morgan fingerprint density at radius 3 is 2.79 bits per heavy atom. The second-order valence-corrected chi connectivity index (χ2v) is 5.31. The fourth-order valence-corrected chi connectivity index (χ4v) is 2.28. The predicted octanol–water partition coefficient (Wildman–Crippen LogP) is 1.31. The van der Waals surface area contributed by atoms with Crippen LogP contribution in [0.15, 0.2) is 0 Å². The van der Waals surface area contributed by atoms with E-state index < -0.39 is 12.0 Å². The normalized spacial score (nSPS) is 24.9. The average Bonchev–Trinajstić information content (AvgIpc) is 2.35. The number of urea groups is 1. The third-order valence-electron chi connectivity index (χ3n) is 3.54. The Hall–Kier alpha value is -1.30. The van der Waals surface area contributed by atoms with Crippen LogP contribution in [-0.4, -0.2) is 54.4 Å². The highest BCUT2D eigenvalue weighted by Gasteiger charge is 2.34. The van der Waals surface area contributed by atoms with Crippen LogP contribution in [0.3, 0.4) is 0 Å². The van der Waals surface area contributed by atoms with Crippen LogP contribution in [-0.2, 0) is 9.53 Å². The molecule has 6 heteroatoms. The molecule has 1 fully saturated rings. The zero-order valence-corrected chi connectivity index (χ0v) is 11.9. The van der Waals surface area contributed by atoms with Gasteiger partial charge in [-0.2, -0.15) is 0 Å². The number of carboxylic acid groups (broad SMARTS) is 1. The van der Waals surface area contributed by atoms with E-state index in [1.54, 1.807) is 7.11 Å². The molecule has 0 aromatic rings. The van der Waals surface area contributed by atoms with Gasteiger partial charge in [-0.3, -0.25) is 0 Å². The molecule has 110 valence electrons. The molecule has 1 rings (SSSR count). The number of rotatable bonds is 5. The topological polar surface area (TPSA) is 78.9 Å². The molecule has 1 heterocycles. The minimum Gasteiger partial charge on any atom is -0.480 e. The second-order valence-electron chi connectivity index (χ2n) is 5.31. The van der Waals surface area contributed by atoms with E-state index in [-0.39, 0.29) is 12.1 Å². The molecule has 0 spiro atoms. The lowest BCUT2D eigenvalue weighted by Crippen LogP contribution is -2.54. The summed E-state index contributed by atoms with van der Waals surface area (Å²) in [5, 5.41) is 12.0. The van der Waals surface area contributed by atoms with Crippen molar-refractivity contribution in [3.05, 3.63) is 0 Å². The number of hydrogen-bond acceptors (Lipinski definition) is 3. The first-order valence-electron chi connectivity index (χ1n) is 6.74. The number of carboxylic acids is 1. The molecule has 0 aromatic heterocycles. The van der Waals surface area contributed by atoms with Crippen LogP contribution in [0.5, 0.6) is 0 Å². The molecule has 1 aliphatic heterocycles. The molecule has 3 unspecified atom stereocenters. The smallest absolute Gasteiger partial charge is 0.326 e. The van der Waals surface area contributed by atoms with Crippen molar-refractivity contribution in [3.63, 3.8) is 0 Å². The largest absolute Gasteiger partial charge is 0.480 e. The van der Waals surface area contributed by atoms with Crippen LogP contribution >= 0.6 is 0 Å². The Bertz CT molecular complexity index is 322. The number of piperidine rings is 1. The number of nitrogens with zero attached hydrogens (tertiary/aromatic N) is 1. The van der Waals surface area contributed by atoms with Crippen molar-refractivity contribution in [2.75, 3.05) is 20.3 Å². The Morgan fingerprint density at radius 2 is 2.21 bits per heavy atom. The molecular weight excluding hydrogens is 248 g/mol. The van der Waals surface area contributed by atoms with Gasteiger partial charge in [0, 0.05) is 26.3 Å². The minimum absolute atomic E-state index is 0.0266. The van der Waals surface area contributed by atoms with E-state index in [0.29, 0.717) is 31.9 Å². The zero-order valence-electron chi connectivity index (χ0n) is 11.9. The summed E-state index contributed by atoms with van der Waals surface area (Å²) in [6.07, 6.45) is 2.09. The molecule has 0 bridgehead atoms. The van der Waals surface area contributed by atoms with Crippen molar-refractivity contribution in [2.24, 2.45) is 5.92 Å². The van der Waals surface area contributed by atoms with Crippen molar-refractivity contribution in [1.82, 2.24) is 10.2 Å². The highest BCUT2D eigenvalue weighted by atomic mass is 16.5. The first-order chi connectivity index (χ1) is 8.95. The third-order valence-corrected chi connectivity index (χ3v) is 3.54. The quantitative estimate of drug-likeness (QED) is 0.791. The van der Waals surface area contributed by atoms with Gasteiger partial charge in [-0.15, -0.1) is 0 Å². The maximum Gasteiger partial charge on any atom is 0.326 e. The van der Waals surface area contributed by atoms with Gasteiger partial charge in [-0.05, 0) is 32.1 Å². The molecule has 6 nitrogen and oxygen atoms in total. The van der Waals surface area contributed by atoms with Gasteiger partial charge in [0.2, 0.25) is 0 Å². The van der Waals surface area contributed by atoms with Crippen LogP contribution in [0.4, 0.5) is 4.79 Å². The standard InChI is InChI=1S/C13H24N2O4/c1-9-4-6-15(11(8-9)12(16)17)13(18)14-10(2)5-7-19-3/h9-11H,4-8H2,1-3H3,(H,14,18)(H,16,17). The van der Waals surface area contributed by atoms with Gasteiger partial charge in [0.25, 0.3) is 0 Å². The molecule has 19 heavy (non-hydrogen) atoms. The molecule has 0 saturated carbocycles. The van der Waals surface area contributed by atoms with Crippen molar-refractivity contribution in [1.29, 1.82) is 0 Å². The minimum atomic E-state index is -0.925. The van der Waals surface area contributed by atoms with Gasteiger partial charge in [-0.25, -0.2) is 9.59 Å². The van der Waals surface area contributed by atoms with Gasteiger partial charge < -0.3 is 20.1 Å². The highest BCUT2D eigenvalue weighted by Crippen LogP contribution is 2.22. The summed E-state index contributed by atoms with van der Waals surface area (Å²) < 4.78 is 4.95. The van der Waals surface area contributed by atoms with Crippen LogP contribution in [0.1, 0.15) is 33.1 Å². The summed E-state index contributed by atoms with van der Waals surface area (Å²) in [7, 11) is 1.61. The fourth-order valence-electron chi connectivity index (χ4n) is 2.28. The Morgan fingerprint density at radius 1 is 1.53 bits per heavy atom. The molecule has 2 N–H and O–H groups in total. The zero-order chi connectivity index (χ0) is 14.4. The lowest BCUT2D eigenvalue weighted by molar-refractivity contribution is -0.143. The number of likely N-dealkylation sites (tertiary alicyclic amines) is 1. The van der Waals surface area contributed by atoms with Crippen LogP contribution < -0.4 is 5.32 Å². The summed E-state index contributed by atoms with van der Waals surface area (Å²) in [5.74, 6) is -0.581. The van der Waals surface area contributed by atoms with Crippen molar-refractivity contribution in [3.8, 4) is 0 Å². The first-order valence-corrected chi connectivity index (χ1v) is 6.74. The van der Waals surface area contributed by atoms with Gasteiger partial charge >= 0.3 is 12.0 Å². The average molecular weight is 272 g/mol. The van der Waals surface area contributed by atoms with Crippen molar-refractivity contribution < 1.29 is 19.4 Å². The molecule has 2 amide bonds. The van der Waals surface area contributed by atoms with Gasteiger partial charge in [0.15, 0.2) is 0 Å². The monoisotopic (exact) mass is 272 g/mol. The van der Waals surface area contributed by atoms with E-state index in [1.165, 1.54) is 4.90 Å². The third kappa shape index (κ3) is 4.70. The van der Waals surface area contributed by atoms with Crippen LogP contribution in [0.25, 0.3) is 0 Å². The summed E-state index contributed by atoms with van der Waals surface area (Å²) in [6, 6.07) is -1.03. The predicted molar refractivity (Wildman–Crippen MR) is 71.0 cm³/mol. The van der Waals surface area contributed by atoms with Gasteiger partial charge in [0.05, 0.1) is 0 Å². The molecular formula is C13H24N2O4. The number of nitrogens with one attached hydrogen (secondary N) is 1. The number of methoxy groups -OCH3 is 1. The molecule has 3 atom stereocenters. The summed E-state index contributed by atoms with van der Waals surface area (Å²) in [4.78, 5) is 24.8. The lowest BCUT2D eigenvalue weighted by Gasteiger charge is -2.36. The Labute approximate surface area is 114 Å². The summed E-state index contributed by atoms with van der Waals surface area (Å²) >= 11 is 0. The summed E-state index contributed by atoms with van der Waals surface area (Å²) in [5.41, 5.74) is 0. The maximum absolute atomic E-state index is 12.1. The van der Waals surface area contributed by atoms with Gasteiger partial charge in [-0.1, -0.05) is 6.92 Å². The summed E-state index contributed by atoms with van der Waals surface area (Å²) in [6.45, 7) is 4.98. The van der Waals surface area contributed by atoms with E-state index in [4.69, 9.17) is 4.74 Å². The number of hydrogen-bond donors (Lipinski definition) is 2. The number of aliphatic carboxylic acids is 1. The fraction of sp³-hybridized carbons (Fsp3) is 0.846. The molecule has 1 saturated heterocycles.